The van der Waals surface area contributed by atoms with Crippen LogP contribution in [-0.2, 0) is 4.79 Å². The Morgan fingerprint density at radius 1 is 1.17 bits per heavy atom. The summed E-state index contributed by atoms with van der Waals surface area (Å²) >= 11 is 1.52. The summed E-state index contributed by atoms with van der Waals surface area (Å²) in [7, 11) is 3.14. The monoisotopic (exact) mass is 494 g/mol. The fraction of sp³-hybridized carbons (Fsp3) is 0.385. The number of nitrogens with zero attached hydrogens (tertiary/aromatic N) is 4. The molecule has 0 spiro atoms. The average molecular weight is 495 g/mol. The first-order valence-electron chi connectivity index (χ1n) is 11.4. The molecule has 0 N–H and O–H groups in total. The van der Waals surface area contributed by atoms with Crippen LogP contribution in [0.2, 0.25) is 0 Å². The number of rotatable bonds is 6. The lowest BCUT2D eigenvalue weighted by Gasteiger charge is -2.32. The van der Waals surface area contributed by atoms with E-state index >= 15 is 0 Å². The first-order valence-corrected chi connectivity index (χ1v) is 12.4. The Morgan fingerprint density at radius 2 is 1.94 bits per heavy atom. The normalized spacial score (nSPS) is 14.6. The second kappa shape index (κ2) is 10.1. The van der Waals surface area contributed by atoms with Gasteiger partial charge in [0.1, 0.15) is 0 Å². The van der Waals surface area contributed by atoms with E-state index in [4.69, 9.17) is 19.2 Å². The summed E-state index contributed by atoms with van der Waals surface area (Å²) < 4.78 is 17.8. The quantitative estimate of drug-likeness (QED) is 0.423. The molecule has 0 aliphatic carbocycles. The molecule has 1 aromatic heterocycles. The van der Waals surface area contributed by atoms with Crippen LogP contribution in [0.3, 0.4) is 0 Å². The van der Waals surface area contributed by atoms with Crippen LogP contribution in [0, 0.1) is 19.8 Å². The van der Waals surface area contributed by atoms with Crippen molar-refractivity contribution in [1.29, 1.82) is 0 Å². The summed E-state index contributed by atoms with van der Waals surface area (Å²) in [6.07, 6.45) is -0.862. The van der Waals surface area contributed by atoms with Crippen LogP contribution >= 0.6 is 11.8 Å². The SMILES string of the molecule is COc1cccc(C2Oc3nc(SCC(C)C)nnc3-c3cc(C)cc(C)c3N2C(C)=O)c1OC. The van der Waals surface area contributed by atoms with Crippen molar-refractivity contribution in [3.05, 3.63) is 47.0 Å². The molecule has 9 heteroatoms. The minimum atomic E-state index is -0.862. The number of methoxy groups -OCH3 is 2. The molecule has 0 fully saturated rings. The van der Waals surface area contributed by atoms with Crippen molar-refractivity contribution in [3.8, 4) is 28.6 Å². The van der Waals surface area contributed by atoms with Gasteiger partial charge in [0.15, 0.2) is 17.2 Å². The molecule has 3 aromatic rings. The van der Waals surface area contributed by atoms with E-state index in [0.717, 1.165) is 22.4 Å². The molecule has 4 rings (SSSR count). The molecule has 184 valence electrons. The number of carbonyl (C=O) groups is 1. The highest BCUT2D eigenvalue weighted by atomic mass is 32.2. The highest BCUT2D eigenvalue weighted by molar-refractivity contribution is 7.99. The van der Waals surface area contributed by atoms with Crippen molar-refractivity contribution in [2.24, 2.45) is 5.92 Å². The number of hydrogen-bond acceptors (Lipinski definition) is 8. The molecule has 1 unspecified atom stereocenters. The van der Waals surface area contributed by atoms with Crippen LogP contribution < -0.4 is 19.1 Å². The van der Waals surface area contributed by atoms with Crippen molar-refractivity contribution in [3.63, 3.8) is 0 Å². The molecule has 1 amide bonds. The molecule has 1 atom stereocenters. The van der Waals surface area contributed by atoms with E-state index in [-0.39, 0.29) is 5.91 Å². The van der Waals surface area contributed by atoms with Gasteiger partial charge in [0.05, 0.1) is 25.5 Å². The first-order chi connectivity index (χ1) is 16.7. The minimum Gasteiger partial charge on any atom is -0.493 e. The van der Waals surface area contributed by atoms with Gasteiger partial charge in [0, 0.05) is 18.2 Å². The molecule has 2 aromatic carbocycles. The van der Waals surface area contributed by atoms with Gasteiger partial charge in [0.25, 0.3) is 0 Å². The number of hydrogen-bond donors (Lipinski definition) is 0. The van der Waals surface area contributed by atoms with E-state index in [0.29, 0.717) is 45.4 Å². The van der Waals surface area contributed by atoms with E-state index in [1.54, 1.807) is 25.2 Å². The van der Waals surface area contributed by atoms with Gasteiger partial charge in [-0.05, 0) is 43.5 Å². The molecule has 35 heavy (non-hydrogen) atoms. The molecule has 1 aliphatic heterocycles. The topological polar surface area (TPSA) is 86.7 Å². The Hall–Kier alpha value is -3.33. The van der Waals surface area contributed by atoms with Crippen molar-refractivity contribution in [2.75, 3.05) is 24.9 Å². The second-order valence-electron chi connectivity index (χ2n) is 8.87. The first kappa shape index (κ1) is 24.8. The Morgan fingerprint density at radius 3 is 2.60 bits per heavy atom. The predicted molar refractivity (Wildman–Crippen MR) is 136 cm³/mol. The lowest BCUT2D eigenvalue weighted by Crippen LogP contribution is -2.36. The number of thioether (sulfide) groups is 1. The molecular weight excluding hydrogens is 464 g/mol. The summed E-state index contributed by atoms with van der Waals surface area (Å²) in [4.78, 5) is 19.6. The zero-order valence-corrected chi connectivity index (χ0v) is 21.9. The van der Waals surface area contributed by atoms with Crippen LogP contribution in [0.1, 0.15) is 43.7 Å². The Bertz CT molecular complexity index is 1260. The molecule has 0 saturated heterocycles. The fourth-order valence-electron chi connectivity index (χ4n) is 4.22. The van der Waals surface area contributed by atoms with Gasteiger partial charge in [-0.15, -0.1) is 10.2 Å². The van der Waals surface area contributed by atoms with Gasteiger partial charge in [-0.1, -0.05) is 43.3 Å². The molecular formula is C26H30N4O4S. The summed E-state index contributed by atoms with van der Waals surface area (Å²) in [5, 5.41) is 9.42. The van der Waals surface area contributed by atoms with E-state index in [1.165, 1.54) is 18.7 Å². The molecule has 0 bridgehead atoms. The van der Waals surface area contributed by atoms with Gasteiger partial charge in [-0.2, -0.15) is 4.98 Å². The fourth-order valence-corrected chi connectivity index (χ4v) is 4.95. The molecule has 0 radical (unpaired) electrons. The number of para-hydroxylation sites is 1. The molecule has 2 heterocycles. The van der Waals surface area contributed by atoms with Crippen LogP contribution in [-0.4, -0.2) is 41.1 Å². The predicted octanol–water partition coefficient (Wildman–Crippen LogP) is 5.36. The van der Waals surface area contributed by atoms with Gasteiger partial charge >= 0.3 is 0 Å². The van der Waals surface area contributed by atoms with E-state index in [1.807, 2.05) is 38.1 Å². The zero-order valence-electron chi connectivity index (χ0n) is 21.1. The number of benzene rings is 2. The number of anilines is 1. The smallest absolute Gasteiger partial charge is 0.247 e. The number of carbonyl (C=O) groups excluding carboxylic acids is 1. The molecule has 8 nitrogen and oxygen atoms in total. The average Bonchev–Trinajstić information content (AvgIpc) is 2.96. The Labute approximate surface area is 210 Å². The zero-order chi connectivity index (χ0) is 25.3. The summed E-state index contributed by atoms with van der Waals surface area (Å²) in [5.41, 5.74) is 4.53. The summed E-state index contributed by atoms with van der Waals surface area (Å²) in [6, 6.07) is 9.53. The van der Waals surface area contributed by atoms with Crippen LogP contribution in [0.4, 0.5) is 5.69 Å². The maximum Gasteiger partial charge on any atom is 0.247 e. The largest absolute Gasteiger partial charge is 0.493 e. The van der Waals surface area contributed by atoms with Crippen molar-refractivity contribution < 1.29 is 19.0 Å². The minimum absolute atomic E-state index is 0.191. The molecule has 1 aliphatic rings. The maximum atomic E-state index is 13.2. The third-order valence-electron chi connectivity index (χ3n) is 5.62. The van der Waals surface area contributed by atoms with Crippen LogP contribution in [0.15, 0.2) is 35.5 Å². The highest BCUT2D eigenvalue weighted by Gasteiger charge is 2.37. The standard InChI is InChI=1S/C26H30N4O4S/c1-14(2)13-35-26-27-24-21(28-29-26)19-12-15(3)11-16(4)22(19)30(17(5)31)25(34-24)18-9-8-10-20(32-6)23(18)33-7/h8-12,14,25H,13H2,1-7H3. The Kier molecular flexibility index (Phi) is 7.16. The van der Waals surface area contributed by atoms with Crippen LogP contribution in [0.25, 0.3) is 11.3 Å². The van der Waals surface area contributed by atoms with Crippen molar-refractivity contribution in [2.45, 2.75) is 46.0 Å². The highest BCUT2D eigenvalue weighted by Crippen LogP contribution is 2.48. The van der Waals surface area contributed by atoms with Crippen molar-refractivity contribution >= 4 is 23.4 Å². The van der Waals surface area contributed by atoms with Crippen molar-refractivity contribution in [1.82, 2.24) is 15.2 Å². The van der Waals surface area contributed by atoms with E-state index in [9.17, 15) is 4.79 Å². The number of aromatic nitrogens is 3. The Balaban J connectivity index is 1.99. The molecule has 0 saturated carbocycles. The van der Waals surface area contributed by atoms with Gasteiger partial charge in [-0.25, -0.2) is 0 Å². The van der Waals surface area contributed by atoms with Crippen LogP contribution in [0.5, 0.6) is 17.4 Å². The summed E-state index contributed by atoms with van der Waals surface area (Å²) in [6.45, 7) is 9.77. The third kappa shape index (κ3) is 4.77. The maximum absolute atomic E-state index is 13.2. The number of amides is 1. The number of aryl methyl sites for hydroxylation is 2. The van der Waals surface area contributed by atoms with E-state index in [2.05, 4.69) is 24.0 Å². The number of fused-ring (bicyclic) bond motifs is 3. The summed E-state index contributed by atoms with van der Waals surface area (Å²) in [5.74, 6) is 2.46. The lowest BCUT2D eigenvalue weighted by atomic mass is 10.00. The lowest BCUT2D eigenvalue weighted by molar-refractivity contribution is -0.118. The van der Waals surface area contributed by atoms with Gasteiger partial charge in [0.2, 0.25) is 23.2 Å². The number of ether oxygens (including phenoxy) is 3. The van der Waals surface area contributed by atoms with Gasteiger partial charge in [-0.3, -0.25) is 9.69 Å². The van der Waals surface area contributed by atoms with E-state index < -0.39 is 6.23 Å². The van der Waals surface area contributed by atoms with Gasteiger partial charge < -0.3 is 14.2 Å². The third-order valence-corrected chi connectivity index (χ3v) is 6.88. The second-order valence-corrected chi connectivity index (χ2v) is 9.86.